The molecule has 0 bridgehead atoms. The van der Waals surface area contributed by atoms with Crippen LogP contribution < -0.4 is 5.32 Å². The number of benzene rings is 2. The Labute approximate surface area is 197 Å². The number of fused-ring (bicyclic) bond motifs is 3. The molecule has 8 heteroatoms. The maximum Gasteiger partial charge on any atom is 0.407 e. The van der Waals surface area contributed by atoms with Gasteiger partial charge in [0, 0.05) is 17.9 Å². The summed E-state index contributed by atoms with van der Waals surface area (Å²) in [5, 5.41) is 12.3. The Kier molecular flexibility index (Phi) is 5.56. The van der Waals surface area contributed by atoms with E-state index in [0.717, 1.165) is 22.3 Å². The van der Waals surface area contributed by atoms with Crippen LogP contribution in [0.5, 0.6) is 0 Å². The van der Waals surface area contributed by atoms with E-state index >= 15 is 0 Å². The Morgan fingerprint density at radius 3 is 2.26 bits per heavy atom. The highest BCUT2D eigenvalue weighted by atomic mass is 16.5. The molecule has 2 heterocycles. The van der Waals surface area contributed by atoms with Gasteiger partial charge in [-0.3, -0.25) is 4.79 Å². The van der Waals surface area contributed by atoms with Gasteiger partial charge in [0.05, 0.1) is 25.2 Å². The summed E-state index contributed by atoms with van der Waals surface area (Å²) in [5.41, 5.74) is 4.04. The molecule has 5 rings (SSSR count). The van der Waals surface area contributed by atoms with Crippen LogP contribution in [0.3, 0.4) is 0 Å². The minimum atomic E-state index is -1.02. The molecule has 0 spiro atoms. The first-order chi connectivity index (χ1) is 16.3. The molecule has 1 aliphatic carbocycles. The van der Waals surface area contributed by atoms with Crippen LogP contribution in [-0.2, 0) is 19.1 Å². The molecule has 0 saturated carbocycles. The topological polar surface area (TPSA) is 105 Å². The number of carbonyl (C=O) groups is 3. The Morgan fingerprint density at radius 2 is 1.68 bits per heavy atom. The lowest BCUT2D eigenvalue weighted by molar-refractivity contribution is -0.174. The monoisotopic (exact) mass is 464 g/mol. The van der Waals surface area contributed by atoms with Crippen LogP contribution in [-0.4, -0.2) is 66.4 Å². The lowest BCUT2D eigenvalue weighted by atomic mass is 9.74. The molecule has 3 aliphatic rings. The Balaban J connectivity index is 1.22. The number of hydrogen-bond donors (Lipinski definition) is 2. The van der Waals surface area contributed by atoms with Gasteiger partial charge < -0.3 is 24.8 Å². The largest absolute Gasteiger partial charge is 0.480 e. The number of nitrogens with one attached hydrogen (secondary N) is 1. The lowest BCUT2D eigenvalue weighted by Crippen LogP contribution is -2.68. The Bertz CT molecular complexity index is 1100. The van der Waals surface area contributed by atoms with Crippen LogP contribution in [0.25, 0.3) is 11.1 Å². The molecular weight excluding hydrogens is 436 g/mol. The van der Waals surface area contributed by atoms with Crippen LogP contribution >= 0.6 is 0 Å². The van der Waals surface area contributed by atoms with Crippen LogP contribution in [0, 0.1) is 11.3 Å². The highest BCUT2D eigenvalue weighted by Crippen LogP contribution is 2.44. The number of carboxylic acid groups (broad SMARTS) is 1. The van der Waals surface area contributed by atoms with Crippen molar-refractivity contribution in [3.63, 3.8) is 0 Å². The average molecular weight is 465 g/mol. The molecule has 3 atom stereocenters. The van der Waals surface area contributed by atoms with E-state index in [4.69, 9.17) is 9.47 Å². The van der Waals surface area contributed by atoms with Gasteiger partial charge in [-0.2, -0.15) is 0 Å². The second-order valence-corrected chi connectivity index (χ2v) is 9.92. The summed E-state index contributed by atoms with van der Waals surface area (Å²) in [6, 6.07) is 14.7. The minimum absolute atomic E-state index is 0.0601. The summed E-state index contributed by atoms with van der Waals surface area (Å²) in [7, 11) is 0. The van der Waals surface area contributed by atoms with Crippen LogP contribution in [0.4, 0.5) is 4.79 Å². The summed E-state index contributed by atoms with van der Waals surface area (Å²) in [6.45, 7) is 4.50. The summed E-state index contributed by atoms with van der Waals surface area (Å²) >= 11 is 0. The molecule has 3 unspecified atom stereocenters. The molecule has 2 N–H and O–H groups in total. The molecule has 2 fully saturated rings. The van der Waals surface area contributed by atoms with Crippen molar-refractivity contribution >= 4 is 18.0 Å². The molecule has 0 radical (unpaired) electrons. The van der Waals surface area contributed by atoms with Crippen molar-refractivity contribution in [1.82, 2.24) is 10.2 Å². The van der Waals surface area contributed by atoms with Gasteiger partial charge in [0.2, 0.25) is 5.91 Å². The first-order valence-electron chi connectivity index (χ1n) is 11.5. The van der Waals surface area contributed by atoms with Gasteiger partial charge >= 0.3 is 12.1 Å². The van der Waals surface area contributed by atoms with Gasteiger partial charge in [0.1, 0.15) is 12.6 Å². The Hall–Kier alpha value is -3.39. The van der Waals surface area contributed by atoms with Crippen LogP contribution in [0.2, 0.25) is 0 Å². The van der Waals surface area contributed by atoms with Gasteiger partial charge in [0.25, 0.3) is 0 Å². The average Bonchev–Trinajstić information content (AvgIpc) is 3.38. The Morgan fingerprint density at radius 1 is 1.06 bits per heavy atom. The quantitative estimate of drug-likeness (QED) is 0.705. The zero-order chi connectivity index (χ0) is 24.0. The van der Waals surface area contributed by atoms with Gasteiger partial charge in [-0.15, -0.1) is 0 Å². The number of ether oxygens (including phenoxy) is 2. The number of alkyl carbamates (subject to hydrolysis) is 1. The lowest BCUT2D eigenvalue weighted by Gasteiger charge is -2.52. The van der Waals surface area contributed by atoms with Gasteiger partial charge in [-0.05, 0) is 22.3 Å². The second-order valence-electron chi connectivity index (χ2n) is 9.92. The van der Waals surface area contributed by atoms with Crippen LogP contribution in [0.1, 0.15) is 30.9 Å². The third-order valence-electron chi connectivity index (χ3n) is 7.19. The second kappa shape index (κ2) is 8.43. The normalized spacial score (nSPS) is 24.6. The molecular formula is C26H28N2O6. The van der Waals surface area contributed by atoms with Crippen molar-refractivity contribution in [3.05, 3.63) is 59.7 Å². The number of likely N-dealkylation sites (tertiary alicyclic amines) is 1. The highest BCUT2D eigenvalue weighted by Gasteiger charge is 2.54. The fraction of sp³-hybridized carbons (Fsp3) is 0.423. The molecule has 2 saturated heterocycles. The first kappa shape index (κ1) is 22.4. The number of hydrogen-bond acceptors (Lipinski definition) is 5. The summed E-state index contributed by atoms with van der Waals surface area (Å²) in [6.07, 6.45) is -0.617. The van der Waals surface area contributed by atoms with E-state index in [1.807, 2.05) is 50.2 Å². The number of nitrogens with zero attached hydrogens (tertiary/aromatic N) is 1. The molecule has 2 aromatic rings. The molecule has 0 aromatic heterocycles. The maximum atomic E-state index is 13.1. The maximum absolute atomic E-state index is 13.1. The van der Waals surface area contributed by atoms with Crippen molar-refractivity contribution < 1.29 is 29.0 Å². The zero-order valence-corrected chi connectivity index (χ0v) is 19.2. The van der Waals surface area contributed by atoms with Gasteiger partial charge in [-0.1, -0.05) is 62.4 Å². The van der Waals surface area contributed by atoms with Gasteiger partial charge in [-0.25, -0.2) is 9.59 Å². The number of aliphatic carboxylic acids is 1. The number of carbonyl (C=O) groups excluding carboxylic acids is 2. The van der Waals surface area contributed by atoms with Crippen molar-refractivity contribution in [3.8, 4) is 11.1 Å². The predicted molar refractivity (Wildman–Crippen MR) is 123 cm³/mol. The van der Waals surface area contributed by atoms with Gasteiger partial charge in [0.15, 0.2) is 0 Å². The predicted octanol–water partition coefficient (Wildman–Crippen LogP) is 2.86. The number of amides is 2. The van der Waals surface area contributed by atoms with E-state index in [2.05, 4.69) is 17.4 Å². The minimum Gasteiger partial charge on any atom is -0.480 e. The van der Waals surface area contributed by atoms with E-state index in [-0.39, 0.29) is 31.6 Å². The summed E-state index contributed by atoms with van der Waals surface area (Å²) in [5.74, 6) is -2.04. The first-order valence-corrected chi connectivity index (χ1v) is 11.5. The zero-order valence-electron chi connectivity index (χ0n) is 19.2. The molecule has 178 valence electrons. The molecule has 34 heavy (non-hydrogen) atoms. The van der Waals surface area contributed by atoms with E-state index < -0.39 is 35.5 Å². The van der Waals surface area contributed by atoms with E-state index in [1.165, 1.54) is 4.90 Å². The van der Waals surface area contributed by atoms with E-state index in [0.29, 0.717) is 6.54 Å². The molecule has 2 aliphatic heterocycles. The molecule has 8 nitrogen and oxygen atoms in total. The van der Waals surface area contributed by atoms with Crippen molar-refractivity contribution in [2.24, 2.45) is 11.3 Å². The smallest absolute Gasteiger partial charge is 0.407 e. The standard InChI is InChI=1S/C26H28N2O6/c1-26(2)14-28(22(26)24(30)31)23(29)20-11-33-13-21(20)27-25(32)34-12-19-17-9-5-3-7-15(17)16-8-4-6-10-18(16)19/h3-10,19-22H,11-14H2,1-2H3,(H,27,32)(H,30,31). The van der Waals surface area contributed by atoms with Crippen molar-refractivity contribution in [1.29, 1.82) is 0 Å². The fourth-order valence-electron chi connectivity index (χ4n) is 5.54. The number of carboxylic acids is 1. The molecule has 2 aromatic carbocycles. The summed E-state index contributed by atoms with van der Waals surface area (Å²) in [4.78, 5) is 38.8. The third-order valence-corrected chi connectivity index (χ3v) is 7.19. The van der Waals surface area contributed by atoms with Crippen LogP contribution in [0.15, 0.2) is 48.5 Å². The van der Waals surface area contributed by atoms with Crippen molar-refractivity contribution in [2.75, 3.05) is 26.4 Å². The molecule has 2 amide bonds. The number of rotatable bonds is 5. The van der Waals surface area contributed by atoms with E-state index in [1.54, 1.807) is 0 Å². The third kappa shape index (κ3) is 3.72. The van der Waals surface area contributed by atoms with E-state index in [9.17, 15) is 19.5 Å². The SMILES string of the molecule is CC1(C)CN(C(=O)C2COCC2NC(=O)OCC2c3ccccc3-c3ccccc32)C1C(=O)O. The highest BCUT2D eigenvalue weighted by molar-refractivity contribution is 5.89. The fourth-order valence-corrected chi connectivity index (χ4v) is 5.54. The summed E-state index contributed by atoms with van der Waals surface area (Å²) < 4.78 is 11.1. The van der Waals surface area contributed by atoms with Crippen molar-refractivity contribution in [2.45, 2.75) is 31.8 Å².